The second-order valence-corrected chi connectivity index (χ2v) is 8.40. The fourth-order valence-electron chi connectivity index (χ4n) is 3.76. The van der Waals surface area contributed by atoms with Gasteiger partial charge >= 0.3 is 6.18 Å². The minimum absolute atomic E-state index is 0.122. The average Bonchev–Trinajstić information content (AvgIpc) is 3.40. The molecule has 164 valence electrons. The van der Waals surface area contributed by atoms with E-state index in [4.69, 9.17) is 4.52 Å². The second-order valence-electron chi connectivity index (χ2n) is 7.45. The maximum atomic E-state index is 12.9. The molecule has 6 nitrogen and oxygen atoms in total. The summed E-state index contributed by atoms with van der Waals surface area (Å²) in [6.45, 7) is 4.45. The lowest BCUT2D eigenvalue weighted by molar-refractivity contribution is -0.137. The minimum Gasteiger partial charge on any atom is -0.338 e. The Morgan fingerprint density at radius 1 is 1.19 bits per heavy atom. The molecule has 1 aromatic carbocycles. The summed E-state index contributed by atoms with van der Waals surface area (Å²) in [6.07, 6.45) is 3.29. The van der Waals surface area contributed by atoms with Gasteiger partial charge in [0.05, 0.1) is 11.3 Å². The summed E-state index contributed by atoms with van der Waals surface area (Å²) < 4.78 is 46.1. The topological polar surface area (TPSA) is 69.6 Å². The molecule has 1 saturated carbocycles. The van der Waals surface area contributed by atoms with Crippen molar-refractivity contribution in [2.24, 2.45) is 0 Å². The molecule has 2 aromatic heterocycles. The van der Waals surface area contributed by atoms with Crippen molar-refractivity contribution in [2.75, 3.05) is 0 Å². The number of aromatic nitrogens is 5. The van der Waals surface area contributed by atoms with Crippen molar-refractivity contribution in [3.05, 3.63) is 54.2 Å². The first kappa shape index (κ1) is 21.6. The third-order valence-corrected chi connectivity index (χ3v) is 6.22. The van der Waals surface area contributed by atoms with E-state index in [0.29, 0.717) is 24.1 Å². The third-order valence-electron chi connectivity index (χ3n) is 5.27. The van der Waals surface area contributed by atoms with E-state index in [9.17, 15) is 13.2 Å². The van der Waals surface area contributed by atoms with E-state index < -0.39 is 11.7 Å². The summed E-state index contributed by atoms with van der Waals surface area (Å²) in [5.41, 5.74) is -0.497. The van der Waals surface area contributed by atoms with Crippen molar-refractivity contribution >= 4 is 11.8 Å². The smallest absolute Gasteiger partial charge is 0.338 e. The first-order valence-electron chi connectivity index (χ1n) is 10.1. The van der Waals surface area contributed by atoms with Crippen LogP contribution in [-0.2, 0) is 18.5 Å². The fraction of sp³-hybridized carbons (Fsp3) is 0.429. The molecule has 2 heterocycles. The number of rotatable bonds is 7. The Morgan fingerprint density at radius 2 is 2.00 bits per heavy atom. The zero-order valence-electron chi connectivity index (χ0n) is 16.8. The summed E-state index contributed by atoms with van der Waals surface area (Å²) in [5.74, 6) is 2.16. The molecule has 0 saturated heterocycles. The van der Waals surface area contributed by atoms with Crippen LogP contribution in [0.5, 0.6) is 0 Å². The Balaban J connectivity index is 1.48. The molecule has 0 radical (unpaired) electrons. The fourth-order valence-corrected chi connectivity index (χ4v) is 4.55. The Hall–Kier alpha value is -2.62. The molecule has 0 aliphatic heterocycles. The van der Waals surface area contributed by atoms with Crippen LogP contribution in [0.3, 0.4) is 0 Å². The largest absolute Gasteiger partial charge is 0.416 e. The highest BCUT2D eigenvalue weighted by Crippen LogP contribution is 2.34. The van der Waals surface area contributed by atoms with Crippen molar-refractivity contribution in [1.29, 1.82) is 0 Å². The maximum absolute atomic E-state index is 12.9. The van der Waals surface area contributed by atoms with Gasteiger partial charge in [0.1, 0.15) is 5.82 Å². The van der Waals surface area contributed by atoms with Crippen LogP contribution >= 0.6 is 11.8 Å². The molecule has 4 rings (SSSR count). The van der Waals surface area contributed by atoms with Gasteiger partial charge in [-0.1, -0.05) is 54.4 Å². The third kappa shape index (κ3) is 5.00. The summed E-state index contributed by atoms with van der Waals surface area (Å²) >= 11 is 1.41. The summed E-state index contributed by atoms with van der Waals surface area (Å²) in [5, 5.41) is 13.3. The van der Waals surface area contributed by atoms with Crippen LogP contribution in [0.25, 0.3) is 11.4 Å². The number of hydrogen-bond acceptors (Lipinski definition) is 6. The lowest BCUT2D eigenvalue weighted by atomic mass is 9.89. The van der Waals surface area contributed by atoms with Crippen LogP contribution in [0.15, 0.2) is 46.6 Å². The van der Waals surface area contributed by atoms with Crippen LogP contribution in [0.1, 0.15) is 55.3 Å². The normalized spacial score (nSPS) is 15.3. The second kappa shape index (κ2) is 9.25. The van der Waals surface area contributed by atoms with Crippen LogP contribution < -0.4 is 0 Å². The molecule has 0 amide bonds. The first-order chi connectivity index (χ1) is 15.0. The highest BCUT2D eigenvalue weighted by molar-refractivity contribution is 7.98. The number of hydrogen-bond donors (Lipinski definition) is 0. The molecule has 1 fully saturated rings. The molecular weight excluding hydrogens is 427 g/mol. The number of benzene rings is 1. The van der Waals surface area contributed by atoms with Crippen molar-refractivity contribution in [1.82, 2.24) is 24.9 Å². The molecule has 31 heavy (non-hydrogen) atoms. The van der Waals surface area contributed by atoms with Gasteiger partial charge in [-0.2, -0.15) is 18.2 Å². The Kier molecular flexibility index (Phi) is 6.45. The molecule has 1 aliphatic rings. The van der Waals surface area contributed by atoms with Gasteiger partial charge in [0.15, 0.2) is 5.16 Å². The van der Waals surface area contributed by atoms with E-state index in [0.717, 1.165) is 36.0 Å². The average molecular weight is 450 g/mol. The molecule has 1 aliphatic carbocycles. The van der Waals surface area contributed by atoms with Crippen LogP contribution in [-0.4, -0.2) is 24.9 Å². The standard InChI is InChI=1S/C21H22F3N5OS/c1-2-11-29-19(14-7-4-3-5-8-14)26-27-20(29)31-13-17-25-18(28-30-17)15-9-6-10-16(12-15)21(22,23)24/h2,6,9-10,12,14H,1,3-5,7-8,11,13H2. The molecular formula is C21H22F3N5OS. The van der Waals surface area contributed by atoms with Gasteiger partial charge in [0.25, 0.3) is 0 Å². The molecule has 3 aromatic rings. The van der Waals surface area contributed by atoms with E-state index in [-0.39, 0.29) is 11.4 Å². The zero-order valence-corrected chi connectivity index (χ0v) is 17.6. The van der Waals surface area contributed by atoms with Crippen LogP contribution in [0.4, 0.5) is 13.2 Å². The van der Waals surface area contributed by atoms with E-state index in [1.807, 2.05) is 6.08 Å². The van der Waals surface area contributed by atoms with Crippen molar-refractivity contribution < 1.29 is 17.7 Å². The van der Waals surface area contributed by atoms with E-state index in [2.05, 4.69) is 31.5 Å². The highest BCUT2D eigenvalue weighted by Gasteiger charge is 2.31. The molecule has 0 N–H and O–H groups in total. The van der Waals surface area contributed by atoms with Gasteiger partial charge in [-0.15, -0.1) is 16.8 Å². The summed E-state index contributed by atoms with van der Waals surface area (Å²) in [6, 6.07) is 4.87. The van der Waals surface area contributed by atoms with Crippen molar-refractivity contribution in [3.63, 3.8) is 0 Å². The van der Waals surface area contributed by atoms with Gasteiger partial charge in [-0.3, -0.25) is 0 Å². The minimum atomic E-state index is -4.43. The van der Waals surface area contributed by atoms with Crippen molar-refractivity contribution in [2.45, 2.75) is 61.7 Å². The number of nitrogens with zero attached hydrogens (tertiary/aromatic N) is 5. The predicted molar refractivity (Wildman–Crippen MR) is 110 cm³/mol. The van der Waals surface area contributed by atoms with Gasteiger partial charge in [0, 0.05) is 18.0 Å². The SMILES string of the molecule is C=CCn1c(SCc2nc(-c3cccc(C(F)(F)F)c3)no2)nnc1C1CCCCC1. The van der Waals surface area contributed by atoms with Crippen LogP contribution in [0.2, 0.25) is 0 Å². The van der Waals surface area contributed by atoms with E-state index in [1.54, 1.807) is 0 Å². The zero-order chi connectivity index (χ0) is 21.8. The number of allylic oxidation sites excluding steroid dienone is 1. The number of alkyl halides is 3. The van der Waals surface area contributed by atoms with Crippen LogP contribution in [0, 0.1) is 0 Å². The Bertz CT molecular complexity index is 1040. The molecule has 0 bridgehead atoms. The lowest BCUT2D eigenvalue weighted by Crippen LogP contribution is -2.12. The van der Waals surface area contributed by atoms with Gasteiger partial charge in [0.2, 0.25) is 11.7 Å². The molecule has 0 unspecified atom stereocenters. The molecule has 10 heteroatoms. The molecule has 0 atom stereocenters. The number of thioether (sulfide) groups is 1. The van der Waals surface area contributed by atoms with Gasteiger partial charge in [-0.25, -0.2) is 0 Å². The summed E-state index contributed by atoms with van der Waals surface area (Å²) in [4.78, 5) is 4.25. The van der Waals surface area contributed by atoms with E-state index >= 15 is 0 Å². The van der Waals surface area contributed by atoms with Gasteiger partial charge in [-0.05, 0) is 25.0 Å². The quantitative estimate of drug-likeness (QED) is 0.332. The Morgan fingerprint density at radius 3 is 2.74 bits per heavy atom. The number of halogens is 3. The first-order valence-corrected chi connectivity index (χ1v) is 11.1. The van der Waals surface area contributed by atoms with E-state index in [1.165, 1.54) is 43.2 Å². The predicted octanol–water partition coefficient (Wildman–Crippen LogP) is 5.87. The Labute approximate surface area is 181 Å². The summed E-state index contributed by atoms with van der Waals surface area (Å²) in [7, 11) is 0. The van der Waals surface area contributed by atoms with Gasteiger partial charge < -0.3 is 9.09 Å². The monoisotopic (exact) mass is 449 g/mol. The highest BCUT2D eigenvalue weighted by atomic mass is 32.2. The maximum Gasteiger partial charge on any atom is 0.416 e. The van der Waals surface area contributed by atoms with Crippen molar-refractivity contribution in [3.8, 4) is 11.4 Å². The molecule has 0 spiro atoms. The lowest BCUT2D eigenvalue weighted by Gasteiger charge is -2.21.